The number of hydrogen-bond donors (Lipinski definition) is 2. The Kier molecular flexibility index (Phi) is 4.81. The van der Waals surface area contributed by atoms with Crippen molar-refractivity contribution in [3.05, 3.63) is 95.2 Å². The highest BCUT2D eigenvalue weighted by Gasteiger charge is 2.40. The summed E-state index contributed by atoms with van der Waals surface area (Å²) in [6.07, 6.45) is 6.82. The SMILES string of the molecule is Cc1noc(C)c1-c1cc(C(O)(c2ccccn2)c2ccccn2)c2nc(C3CCC3)[nH]c2c1. The first-order valence-corrected chi connectivity index (χ1v) is 11.6. The van der Waals surface area contributed by atoms with Gasteiger partial charge in [0.05, 0.1) is 28.1 Å². The van der Waals surface area contributed by atoms with Crippen LogP contribution in [0.15, 0.2) is 65.4 Å². The molecule has 0 amide bonds. The van der Waals surface area contributed by atoms with Crippen LogP contribution in [0.4, 0.5) is 0 Å². The number of aryl methyl sites for hydroxylation is 2. The Morgan fingerprint density at radius 3 is 2.24 bits per heavy atom. The smallest absolute Gasteiger partial charge is 0.176 e. The molecule has 4 aromatic heterocycles. The van der Waals surface area contributed by atoms with Crippen molar-refractivity contribution in [1.82, 2.24) is 25.1 Å². The van der Waals surface area contributed by atoms with Crippen molar-refractivity contribution >= 4 is 11.0 Å². The molecule has 5 aromatic rings. The Bertz CT molecular complexity index is 1410. The number of hydrogen-bond acceptors (Lipinski definition) is 6. The van der Waals surface area contributed by atoms with E-state index in [2.05, 4.69) is 26.2 Å². The number of fused-ring (bicyclic) bond motifs is 1. The molecule has 0 unspecified atom stereocenters. The minimum atomic E-state index is -1.61. The molecule has 0 radical (unpaired) electrons. The van der Waals surface area contributed by atoms with E-state index in [4.69, 9.17) is 9.51 Å². The third kappa shape index (κ3) is 3.15. The van der Waals surface area contributed by atoms with Crippen LogP contribution in [0, 0.1) is 13.8 Å². The molecule has 6 rings (SSSR count). The van der Waals surface area contributed by atoms with E-state index in [0.717, 1.165) is 52.3 Å². The van der Waals surface area contributed by atoms with Gasteiger partial charge in [-0.3, -0.25) is 9.97 Å². The van der Waals surface area contributed by atoms with Gasteiger partial charge in [0, 0.05) is 29.4 Å². The first-order valence-electron chi connectivity index (χ1n) is 11.6. The topological polar surface area (TPSA) is 101 Å². The predicted octanol–water partition coefficient (Wildman–Crippen LogP) is 5.18. The number of pyridine rings is 2. The Morgan fingerprint density at radius 2 is 1.71 bits per heavy atom. The van der Waals surface area contributed by atoms with Crippen LogP contribution in [-0.4, -0.2) is 30.2 Å². The Morgan fingerprint density at radius 1 is 1.00 bits per heavy atom. The molecule has 2 N–H and O–H groups in total. The van der Waals surface area contributed by atoms with Gasteiger partial charge in [0.2, 0.25) is 0 Å². The Balaban J connectivity index is 1.69. The second-order valence-corrected chi connectivity index (χ2v) is 9.01. The molecular weight excluding hydrogens is 426 g/mol. The fourth-order valence-corrected chi connectivity index (χ4v) is 4.89. The van der Waals surface area contributed by atoms with Crippen LogP contribution < -0.4 is 0 Å². The molecular formula is C27H25N5O2. The molecule has 1 aromatic carbocycles. The molecule has 0 spiro atoms. The average Bonchev–Trinajstić information content (AvgIpc) is 3.40. The molecule has 1 aliphatic rings. The Hall–Kier alpha value is -3.84. The lowest BCUT2D eigenvalue weighted by atomic mass is 9.83. The van der Waals surface area contributed by atoms with Crippen molar-refractivity contribution in [2.45, 2.75) is 44.6 Å². The predicted molar refractivity (Wildman–Crippen MR) is 128 cm³/mol. The summed E-state index contributed by atoms with van der Waals surface area (Å²) in [6.45, 7) is 3.82. The molecule has 7 nitrogen and oxygen atoms in total. The summed E-state index contributed by atoms with van der Waals surface area (Å²) in [4.78, 5) is 17.6. The molecule has 170 valence electrons. The van der Waals surface area contributed by atoms with Gasteiger partial charge >= 0.3 is 0 Å². The molecule has 1 aliphatic carbocycles. The number of aromatic amines is 1. The van der Waals surface area contributed by atoms with Gasteiger partial charge in [-0.2, -0.15) is 0 Å². The minimum Gasteiger partial charge on any atom is -0.373 e. The van der Waals surface area contributed by atoms with Crippen LogP contribution in [0.3, 0.4) is 0 Å². The van der Waals surface area contributed by atoms with Gasteiger partial charge < -0.3 is 14.6 Å². The lowest BCUT2D eigenvalue weighted by Gasteiger charge is -2.28. The van der Waals surface area contributed by atoms with Crippen molar-refractivity contribution in [2.24, 2.45) is 0 Å². The van der Waals surface area contributed by atoms with Gasteiger partial charge in [-0.05, 0) is 68.7 Å². The van der Waals surface area contributed by atoms with E-state index in [1.54, 1.807) is 12.4 Å². The van der Waals surface area contributed by atoms with Gasteiger partial charge in [-0.1, -0.05) is 23.7 Å². The second kappa shape index (κ2) is 7.88. The lowest BCUT2D eigenvalue weighted by molar-refractivity contribution is 0.117. The van der Waals surface area contributed by atoms with Crippen molar-refractivity contribution in [3.63, 3.8) is 0 Å². The van der Waals surface area contributed by atoms with Crippen LogP contribution in [-0.2, 0) is 5.60 Å². The first kappa shape index (κ1) is 20.7. The van der Waals surface area contributed by atoms with E-state index < -0.39 is 5.60 Å². The van der Waals surface area contributed by atoms with Gasteiger partial charge in [0.25, 0.3) is 0 Å². The second-order valence-electron chi connectivity index (χ2n) is 9.01. The number of aromatic nitrogens is 5. The highest BCUT2D eigenvalue weighted by Crippen LogP contribution is 2.43. The van der Waals surface area contributed by atoms with Gasteiger partial charge in [0.1, 0.15) is 11.6 Å². The van der Waals surface area contributed by atoms with Crippen LogP contribution in [0.1, 0.15) is 59.4 Å². The molecule has 7 heteroatoms. The summed E-state index contributed by atoms with van der Waals surface area (Å²) in [6, 6.07) is 15.1. The van der Waals surface area contributed by atoms with Gasteiger partial charge in [-0.15, -0.1) is 0 Å². The lowest BCUT2D eigenvalue weighted by Crippen LogP contribution is -2.31. The third-order valence-electron chi connectivity index (χ3n) is 6.88. The summed E-state index contributed by atoms with van der Waals surface area (Å²) in [5.74, 6) is 2.10. The third-order valence-corrected chi connectivity index (χ3v) is 6.88. The zero-order valence-corrected chi connectivity index (χ0v) is 19.1. The average molecular weight is 452 g/mol. The summed E-state index contributed by atoms with van der Waals surface area (Å²) in [5, 5.41) is 16.6. The summed E-state index contributed by atoms with van der Waals surface area (Å²) in [5.41, 5.74) is 4.16. The van der Waals surface area contributed by atoms with E-state index in [1.807, 2.05) is 56.3 Å². The number of nitrogens with one attached hydrogen (secondary N) is 1. The van der Waals surface area contributed by atoms with E-state index in [-0.39, 0.29) is 0 Å². The van der Waals surface area contributed by atoms with Crippen LogP contribution >= 0.6 is 0 Å². The number of aliphatic hydroxyl groups is 1. The number of benzene rings is 1. The quantitative estimate of drug-likeness (QED) is 0.382. The van der Waals surface area contributed by atoms with Crippen molar-refractivity contribution in [1.29, 1.82) is 0 Å². The van der Waals surface area contributed by atoms with Gasteiger partial charge in [0.15, 0.2) is 5.60 Å². The number of nitrogens with zero attached hydrogens (tertiary/aromatic N) is 4. The fourth-order valence-electron chi connectivity index (χ4n) is 4.89. The fraction of sp³-hybridized carbons (Fsp3) is 0.259. The molecule has 0 saturated heterocycles. The minimum absolute atomic E-state index is 0.417. The van der Waals surface area contributed by atoms with Crippen LogP contribution in [0.2, 0.25) is 0 Å². The van der Waals surface area contributed by atoms with Crippen molar-refractivity contribution < 1.29 is 9.63 Å². The summed E-state index contributed by atoms with van der Waals surface area (Å²) >= 11 is 0. The number of H-pyrrole nitrogens is 1. The monoisotopic (exact) mass is 451 g/mol. The number of imidazole rings is 1. The molecule has 1 fully saturated rings. The van der Waals surface area contributed by atoms with E-state index in [1.165, 1.54) is 6.42 Å². The molecule has 1 saturated carbocycles. The number of rotatable bonds is 5. The zero-order chi connectivity index (χ0) is 23.3. The maximum atomic E-state index is 12.5. The van der Waals surface area contributed by atoms with Gasteiger partial charge in [-0.25, -0.2) is 4.98 Å². The molecule has 0 atom stereocenters. The molecule has 0 bridgehead atoms. The normalized spacial score (nSPS) is 14.4. The zero-order valence-electron chi connectivity index (χ0n) is 19.1. The van der Waals surface area contributed by atoms with E-state index in [9.17, 15) is 5.11 Å². The maximum absolute atomic E-state index is 12.5. The Labute approximate surface area is 196 Å². The van der Waals surface area contributed by atoms with Crippen LogP contribution in [0.5, 0.6) is 0 Å². The summed E-state index contributed by atoms with van der Waals surface area (Å²) < 4.78 is 5.46. The molecule has 0 aliphatic heterocycles. The van der Waals surface area contributed by atoms with Crippen molar-refractivity contribution in [3.8, 4) is 11.1 Å². The van der Waals surface area contributed by atoms with E-state index >= 15 is 0 Å². The summed E-state index contributed by atoms with van der Waals surface area (Å²) in [7, 11) is 0. The van der Waals surface area contributed by atoms with E-state index in [0.29, 0.717) is 22.9 Å². The highest BCUT2D eigenvalue weighted by molar-refractivity contribution is 5.88. The molecule has 34 heavy (non-hydrogen) atoms. The first-order chi connectivity index (χ1) is 16.6. The maximum Gasteiger partial charge on any atom is 0.176 e. The van der Waals surface area contributed by atoms with Crippen molar-refractivity contribution in [2.75, 3.05) is 0 Å². The largest absolute Gasteiger partial charge is 0.373 e. The highest BCUT2D eigenvalue weighted by atomic mass is 16.5. The standard InChI is InChI=1S/C27H25N5O2/c1-16-24(17(2)34-32-16)19-14-20(25-21(15-19)30-26(31-25)18-8-7-9-18)27(33,22-10-3-5-12-28-22)23-11-4-6-13-29-23/h3-6,10-15,18,33H,7-9H2,1-2H3,(H,30,31). The molecule has 4 heterocycles. The van der Waals surface area contributed by atoms with Crippen LogP contribution in [0.25, 0.3) is 22.2 Å².